The van der Waals surface area contributed by atoms with Crippen LogP contribution in [-0.4, -0.2) is 59.3 Å². The Morgan fingerprint density at radius 1 is 1.24 bits per heavy atom. The molecule has 0 radical (unpaired) electrons. The molecule has 5 N–H and O–H groups in total. The third-order valence-corrected chi connectivity index (χ3v) is 5.92. The van der Waals surface area contributed by atoms with Crippen LogP contribution in [0, 0.1) is 17.7 Å². The van der Waals surface area contributed by atoms with Gasteiger partial charge in [-0.05, 0) is 37.3 Å². The number of ketones is 1. The molecule has 2 aromatic rings. The van der Waals surface area contributed by atoms with Gasteiger partial charge in [0.05, 0.1) is 18.1 Å². The molecule has 3 amide bonds. The van der Waals surface area contributed by atoms with Crippen molar-refractivity contribution in [1.82, 2.24) is 20.9 Å². The highest BCUT2D eigenvalue weighted by Crippen LogP contribution is 2.26. The quantitative estimate of drug-likeness (QED) is 0.394. The second-order valence-electron chi connectivity index (χ2n) is 8.86. The number of nitrogens with one attached hydrogen (secondary N) is 4. The molecule has 1 saturated carbocycles. The van der Waals surface area contributed by atoms with E-state index in [1.54, 1.807) is 6.07 Å². The van der Waals surface area contributed by atoms with Crippen LogP contribution in [0.5, 0.6) is 0 Å². The van der Waals surface area contributed by atoms with E-state index in [0.29, 0.717) is 18.4 Å². The van der Waals surface area contributed by atoms with E-state index in [9.17, 15) is 23.6 Å². The van der Waals surface area contributed by atoms with Gasteiger partial charge in [0.25, 0.3) is 5.91 Å². The van der Waals surface area contributed by atoms with Crippen LogP contribution in [0.15, 0.2) is 24.3 Å². The minimum absolute atomic E-state index is 0.0756. The summed E-state index contributed by atoms with van der Waals surface area (Å²) >= 11 is 0. The minimum atomic E-state index is -1.03. The molecule has 2 atom stereocenters. The van der Waals surface area contributed by atoms with Crippen LogP contribution in [0.2, 0.25) is 0 Å². The first kappa shape index (κ1) is 25.4. The summed E-state index contributed by atoms with van der Waals surface area (Å²) in [6.45, 7) is 1.65. The smallest absolute Gasteiger partial charge is 0.268 e. The van der Waals surface area contributed by atoms with Gasteiger partial charge in [-0.15, -0.1) is 0 Å². The van der Waals surface area contributed by atoms with Gasteiger partial charge in [0, 0.05) is 17.8 Å². The lowest BCUT2D eigenvalue weighted by Gasteiger charge is -2.26. The fourth-order valence-electron chi connectivity index (χ4n) is 3.64. The number of aromatic nitrogens is 1. The van der Waals surface area contributed by atoms with Crippen LogP contribution < -0.4 is 16.0 Å². The Hall–Kier alpha value is -3.27. The number of para-hydroxylation sites is 1. The van der Waals surface area contributed by atoms with Crippen molar-refractivity contribution < 1.29 is 28.7 Å². The number of H-pyrrole nitrogens is 1. The summed E-state index contributed by atoms with van der Waals surface area (Å²) in [5, 5.41) is 17.3. The molecule has 34 heavy (non-hydrogen) atoms. The molecule has 1 aliphatic heterocycles. The zero-order valence-electron chi connectivity index (χ0n) is 19.2. The fraction of sp³-hybridized carbons (Fsp3) is 0.500. The molecule has 1 aromatic carbocycles. The zero-order valence-corrected chi connectivity index (χ0v) is 19.2. The second kappa shape index (κ2) is 11.7. The number of rotatable bonds is 8. The number of aliphatic hydroxyl groups is 1. The number of aliphatic hydroxyl groups excluding tert-OH is 1. The Morgan fingerprint density at radius 2 is 1.97 bits per heavy atom. The zero-order chi connectivity index (χ0) is 24.7. The van der Waals surface area contributed by atoms with E-state index < -0.39 is 48.5 Å². The molecular formula is C24H31FN4O5. The van der Waals surface area contributed by atoms with Gasteiger partial charge in [-0.25, -0.2) is 4.39 Å². The predicted octanol–water partition coefficient (Wildman–Crippen LogP) is 1.42. The van der Waals surface area contributed by atoms with Gasteiger partial charge in [-0.3, -0.25) is 19.2 Å². The first-order chi connectivity index (χ1) is 16.3. The standard InChI is InChI=1S/C20H23FN4O5.C4H8/c21-13-5-1-3-11-7-15(25-18(11)13)20(30)23-9-17(28)24-14(16(27)10-26)8-12-4-2-6-22-19(12)29;1-4-2-3-4/h1,3,5,7,12,14,25-26H,2,4,6,8-10H2,(H,22,29)(H,23,30)(H,24,28);4H,2-3H2,1H3. The Balaban J connectivity index is 0.000000732. The van der Waals surface area contributed by atoms with Gasteiger partial charge in [0.1, 0.15) is 18.1 Å². The van der Waals surface area contributed by atoms with Gasteiger partial charge in [0.15, 0.2) is 5.78 Å². The normalized spacial score (nSPS) is 18.3. The topological polar surface area (TPSA) is 140 Å². The first-order valence-corrected chi connectivity index (χ1v) is 11.5. The molecule has 4 rings (SSSR count). The van der Waals surface area contributed by atoms with Gasteiger partial charge in [-0.1, -0.05) is 31.9 Å². The molecule has 1 aromatic heterocycles. The van der Waals surface area contributed by atoms with E-state index >= 15 is 0 Å². The third-order valence-electron chi connectivity index (χ3n) is 5.92. The maximum Gasteiger partial charge on any atom is 0.268 e. The summed E-state index contributed by atoms with van der Waals surface area (Å²) < 4.78 is 13.7. The molecule has 2 fully saturated rings. The van der Waals surface area contributed by atoms with Crippen molar-refractivity contribution in [1.29, 1.82) is 0 Å². The average Bonchev–Trinajstić information content (AvgIpc) is 3.47. The third kappa shape index (κ3) is 7.11. The maximum atomic E-state index is 13.7. The Labute approximate surface area is 196 Å². The van der Waals surface area contributed by atoms with Crippen LogP contribution in [0.4, 0.5) is 4.39 Å². The van der Waals surface area contributed by atoms with Crippen molar-refractivity contribution in [2.45, 2.75) is 45.1 Å². The number of hydrogen-bond donors (Lipinski definition) is 5. The molecular weight excluding hydrogens is 443 g/mol. The van der Waals surface area contributed by atoms with E-state index in [2.05, 4.69) is 27.9 Å². The number of hydrogen-bond acceptors (Lipinski definition) is 5. The van der Waals surface area contributed by atoms with Gasteiger partial charge >= 0.3 is 0 Å². The molecule has 2 unspecified atom stereocenters. The fourth-order valence-corrected chi connectivity index (χ4v) is 3.64. The van der Waals surface area contributed by atoms with Crippen molar-refractivity contribution in [3.8, 4) is 0 Å². The first-order valence-electron chi connectivity index (χ1n) is 11.5. The Kier molecular flexibility index (Phi) is 8.75. The van der Waals surface area contributed by atoms with E-state index in [1.165, 1.54) is 31.0 Å². The lowest BCUT2D eigenvalue weighted by molar-refractivity contribution is -0.131. The van der Waals surface area contributed by atoms with E-state index in [4.69, 9.17) is 5.11 Å². The number of aromatic amines is 1. The highest BCUT2D eigenvalue weighted by atomic mass is 19.1. The van der Waals surface area contributed by atoms with Crippen molar-refractivity contribution in [3.05, 3.63) is 35.8 Å². The van der Waals surface area contributed by atoms with Gasteiger partial charge in [0.2, 0.25) is 11.8 Å². The Bertz CT molecular complexity index is 1050. The summed E-state index contributed by atoms with van der Waals surface area (Å²) in [5.41, 5.74) is 0.274. The number of Topliss-reactive ketones (excluding diaryl/α,β-unsaturated/α-hetero) is 1. The highest BCUT2D eigenvalue weighted by molar-refractivity contribution is 6.00. The number of halogens is 1. The largest absolute Gasteiger partial charge is 0.389 e. The van der Waals surface area contributed by atoms with Gasteiger partial charge in [-0.2, -0.15) is 0 Å². The van der Waals surface area contributed by atoms with Crippen LogP contribution in [-0.2, 0) is 14.4 Å². The summed E-state index contributed by atoms with van der Waals surface area (Å²) in [6, 6.07) is 4.86. The minimum Gasteiger partial charge on any atom is -0.389 e. The maximum absolute atomic E-state index is 13.7. The predicted molar refractivity (Wildman–Crippen MR) is 123 cm³/mol. The van der Waals surface area contributed by atoms with Crippen LogP contribution >= 0.6 is 0 Å². The van der Waals surface area contributed by atoms with Gasteiger partial charge < -0.3 is 26.0 Å². The van der Waals surface area contributed by atoms with E-state index in [0.717, 1.165) is 12.3 Å². The van der Waals surface area contributed by atoms with Crippen molar-refractivity contribution >= 4 is 34.4 Å². The summed E-state index contributed by atoms with van der Waals surface area (Å²) in [5.74, 6) is -1.91. The molecule has 10 heteroatoms. The number of amides is 3. The van der Waals surface area contributed by atoms with Crippen molar-refractivity contribution in [2.75, 3.05) is 19.7 Å². The van der Waals surface area contributed by atoms with Crippen molar-refractivity contribution in [3.63, 3.8) is 0 Å². The molecule has 184 valence electrons. The van der Waals surface area contributed by atoms with E-state index in [1.807, 2.05) is 0 Å². The monoisotopic (exact) mass is 474 g/mol. The molecule has 2 heterocycles. The number of carbonyl (C=O) groups excluding carboxylic acids is 4. The molecule has 1 saturated heterocycles. The molecule has 0 spiro atoms. The Morgan fingerprint density at radius 3 is 2.59 bits per heavy atom. The lowest BCUT2D eigenvalue weighted by atomic mass is 9.90. The average molecular weight is 475 g/mol. The number of benzene rings is 1. The second-order valence-corrected chi connectivity index (χ2v) is 8.86. The SMILES string of the molecule is CC1CC1.O=C(CNC(=O)c1cc2cccc(F)c2[nH]1)NC(CC1CCCNC1=O)C(=O)CO. The number of fused-ring (bicyclic) bond motifs is 1. The summed E-state index contributed by atoms with van der Waals surface area (Å²) in [7, 11) is 0. The van der Waals surface area contributed by atoms with Crippen LogP contribution in [0.3, 0.4) is 0 Å². The molecule has 0 bridgehead atoms. The highest BCUT2D eigenvalue weighted by Gasteiger charge is 2.29. The molecule has 2 aliphatic rings. The van der Waals surface area contributed by atoms with Crippen LogP contribution in [0.1, 0.15) is 49.5 Å². The van der Waals surface area contributed by atoms with Crippen LogP contribution in [0.25, 0.3) is 10.9 Å². The van der Waals surface area contributed by atoms with E-state index in [-0.39, 0.29) is 23.5 Å². The summed E-state index contributed by atoms with van der Waals surface area (Å²) in [4.78, 5) is 51.1. The number of piperidine rings is 1. The lowest BCUT2D eigenvalue weighted by Crippen LogP contribution is -2.49. The number of carbonyl (C=O) groups is 4. The van der Waals surface area contributed by atoms with Crippen molar-refractivity contribution in [2.24, 2.45) is 11.8 Å². The molecule has 1 aliphatic carbocycles. The molecule has 9 nitrogen and oxygen atoms in total. The summed E-state index contributed by atoms with van der Waals surface area (Å²) in [6.07, 6.45) is 4.41.